The number of hydrogen-bond acceptors (Lipinski definition) is 6. The average molecular weight is 390 g/mol. The van der Waals surface area contributed by atoms with Crippen LogP contribution in [0.2, 0.25) is 0 Å². The van der Waals surface area contributed by atoms with Crippen molar-refractivity contribution in [3.8, 4) is 17.2 Å². The largest absolute Gasteiger partial charge is 0.454 e. The third-order valence-corrected chi connectivity index (χ3v) is 6.19. The Morgan fingerprint density at radius 2 is 1.83 bits per heavy atom. The smallest absolute Gasteiger partial charge is 0.339 e. The Kier molecular flexibility index (Phi) is 3.37. The van der Waals surface area contributed by atoms with Crippen LogP contribution in [0.4, 0.5) is 0 Å². The van der Waals surface area contributed by atoms with E-state index in [-0.39, 0.29) is 30.7 Å². The lowest BCUT2D eigenvalue weighted by Crippen LogP contribution is -2.23. The normalized spacial score (nSPS) is 19.2. The molecule has 3 aliphatic rings. The molecule has 0 bridgehead atoms. The number of carbonyl (C=O) groups excluding carboxylic acids is 1. The van der Waals surface area contributed by atoms with Crippen LogP contribution in [0.5, 0.6) is 17.2 Å². The summed E-state index contributed by atoms with van der Waals surface area (Å²) < 4.78 is 22.3. The molecule has 6 nitrogen and oxygen atoms in total. The summed E-state index contributed by atoms with van der Waals surface area (Å²) in [4.78, 5) is 25.0. The van der Waals surface area contributed by atoms with Gasteiger partial charge in [-0.1, -0.05) is 6.07 Å². The summed E-state index contributed by atoms with van der Waals surface area (Å²) in [5.74, 6) is 1.50. The molecule has 1 aliphatic carbocycles. The van der Waals surface area contributed by atoms with E-state index >= 15 is 0 Å². The molecule has 3 aromatic rings. The summed E-state index contributed by atoms with van der Waals surface area (Å²) in [6.07, 6.45) is 2.65. The third-order valence-electron chi connectivity index (χ3n) is 6.19. The Morgan fingerprint density at radius 3 is 2.72 bits per heavy atom. The lowest BCUT2D eigenvalue weighted by atomic mass is 9.82. The highest BCUT2D eigenvalue weighted by molar-refractivity contribution is 5.95. The summed E-state index contributed by atoms with van der Waals surface area (Å²) >= 11 is 0. The summed E-state index contributed by atoms with van der Waals surface area (Å²) in [6, 6.07) is 7.69. The predicted molar refractivity (Wildman–Crippen MR) is 104 cm³/mol. The predicted octanol–water partition coefficient (Wildman–Crippen LogP) is 3.76. The topological polar surface area (TPSA) is 75.0 Å². The number of esters is 1. The highest BCUT2D eigenvalue weighted by atomic mass is 16.7. The quantitative estimate of drug-likeness (QED) is 0.358. The van der Waals surface area contributed by atoms with Crippen LogP contribution < -0.4 is 19.8 Å². The highest BCUT2D eigenvalue weighted by Crippen LogP contribution is 2.48. The second-order valence-electron chi connectivity index (χ2n) is 7.85. The zero-order valence-electron chi connectivity index (χ0n) is 15.9. The van der Waals surface area contributed by atoms with Crippen LogP contribution >= 0.6 is 0 Å². The number of rotatable bonds is 1. The molecule has 0 fully saturated rings. The molecule has 0 amide bonds. The highest BCUT2D eigenvalue weighted by Gasteiger charge is 2.35. The molecule has 146 valence electrons. The van der Waals surface area contributed by atoms with Gasteiger partial charge in [-0.25, -0.2) is 4.79 Å². The Bertz CT molecular complexity index is 1270. The first-order chi connectivity index (χ1) is 14.1. The van der Waals surface area contributed by atoms with Crippen LogP contribution in [-0.2, 0) is 17.6 Å². The van der Waals surface area contributed by atoms with Crippen molar-refractivity contribution in [3.05, 3.63) is 62.5 Å². The minimum Gasteiger partial charge on any atom is -0.454 e. The molecule has 3 heterocycles. The maximum Gasteiger partial charge on any atom is 0.339 e. The lowest BCUT2D eigenvalue weighted by Gasteiger charge is -2.28. The molecule has 2 aliphatic heterocycles. The molecule has 29 heavy (non-hydrogen) atoms. The van der Waals surface area contributed by atoms with Gasteiger partial charge in [0.05, 0.1) is 11.8 Å². The van der Waals surface area contributed by atoms with Crippen molar-refractivity contribution in [1.82, 2.24) is 0 Å². The van der Waals surface area contributed by atoms with Crippen LogP contribution in [0.15, 0.2) is 33.5 Å². The van der Waals surface area contributed by atoms with E-state index in [0.29, 0.717) is 34.8 Å². The van der Waals surface area contributed by atoms with Gasteiger partial charge in [0.1, 0.15) is 11.3 Å². The number of aryl methyl sites for hydroxylation is 2. The van der Waals surface area contributed by atoms with Crippen molar-refractivity contribution >= 4 is 16.9 Å². The molecule has 0 saturated carbocycles. The minimum atomic E-state index is -0.287. The van der Waals surface area contributed by atoms with Crippen molar-refractivity contribution < 1.29 is 23.4 Å². The third kappa shape index (κ3) is 2.35. The van der Waals surface area contributed by atoms with Crippen LogP contribution in [-0.4, -0.2) is 12.8 Å². The van der Waals surface area contributed by atoms with E-state index in [1.807, 2.05) is 31.2 Å². The minimum absolute atomic E-state index is 0.158. The van der Waals surface area contributed by atoms with Crippen LogP contribution in [0.1, 0.15) is 46.6 Å². The summed E-state index contributed by atoms with van der Waals surface area (Å²) in [5, 5.41) is 0.775. The number of ether oxygens (including phenoxy) is 3. The van der Waals surface area contributed by atoms with Gasteiger partial charge in [-0.15, -0.1) is 0 Å². The van der Waals surface area contributed by atoms with E-state index in [0.717, 1.165) is 40.5 Å². The fourth-order valence-corrected chi connectivity index (χ4v) is 4.92. The van der Waals surface area contributed by atoms with Gasteiger partial charge >= 0.3 is 11.6 Å². The molecule has 6 heteroatoms. The van der Waals surface area contributed by atoms with Gasteiger partial charge in [-0.2, -0.15) is 0 Å². The Hall–Kier alpha value is -3.28. The van der Waals surface area contributed by atoms with Crippen molar-refractivity contribution in [2.24, 2.45) is 0 Å². The standard InChI is InChI=1S/C23H18O6/c1-11-7-18-21(13-3-2-4-14(13)23(25)28-18)22-20(11)15(9-19(24)29-22)12-5-6-16-17(8-12)27-10-26-16/h5-8,15H,2-4,9-10H2,1H3/t15-/m0/s1. The molecule has 2 aromatic carbocycles. The maximum atomic E-state index is 12.6. The average Bonchev–Trinajstić information content (AvgIpc) is 3.36. The molecule has 0 radical (unpaired) electrons. The Balaban J connectivity index is 1.63. The summed E-state index contributed by atoms with van der Waals surface area (Å²) in [7, 11) is 0. The van der Waals surface area contributed by atoms with E-state index in [4.69, 9.17) is 18.6 Å². The molecule has 0 N–H and O–H groups in total. The lowest BCUT2D eigenvalue weighted by molar-refractivity contribution is -0.135. The van der Waals surface area contributed by atoms with Crippen molar-refractivity contribution in [1.29, 1.82) is 0 Å². The van der Waals surface area contributed by atoms with Crippen LogP contribution in [0.25, 0.3) is 11.0 Å². The van der Waals surface area contributed by atoms with Gasteiger partial charge in [-0.05, 0) is 61.1 Å². The molecule has 6 rings (SSSR count). The van der Waals surface area contributed by atoms with E-state index in [2.05, 4.69) is 0 Å². The summed E-state index contributed by atoms with van der Waals surface area (Å²) in [6.45, 7) is 2.17. The van der Waals surface area contributed by atoms with E-state index in [1.54, 1.807) is 0 Å². The SMILES string of the molecule is Cc1cc2oc(=O)c3c(c2c2c1[C@H](c1ccc4c(c1)OCO4)CC(=O)O2)CCC3. The van der Waals surface area contributed by atoms with Gasteiger partial charge in [0.25, 0.3) is 0 Å². The first-order valence-corrected chi connectivity index (χ1v) is 9.82. The summed E-state index contributed by atoms with van der Waals surface area (Å²) in [5.41, 5.74) is 4.77. The molecule has 0 spiro atoms. The van der Waals surface area contributed by atoms with Gasteiger partial charge in [-0.3, -0.25) is 4.79 Å². The molecule has 1 atom stereocenters. The van der Waals surface area contributed by atoms with Gasteiger partial charge < -0.3 is 18.6 Å². The van der Waals surface area contributed by atoms with Gasteiger partial charge in [0, 0.05) is 17.0 Å². The Morgan fingerprint density at radius 1 is 1.00 bits per heavy atom. The molecular formula is C23H18O6. The van der Waals surface area contributed by atoms with Gasteiger partial charge in [0.2, 0.25) is 6.79 Å². The first kappa shape index (κ1) is 16.7. The number of fused-ring (bicyclic) bond motifs is 6. The monoisotopic (exact) mass is 390 g/mol. The van der Waals surface area contributed by atoms with Crippen molar-refractivity contribution in [2.75, 3.05) is 6.79 Å². The molecule has 0 unspecified atom stereocenters. The van der Waals surface area contributed by atoms with Crippen LogP contribution in [0.3, 0.4) is 0 Å². The van der Waals surface area contributed by atoms with Gasteiger partial charge in [0.15, 0.2) is 11.5 Å². The zero-order chi connectivity index (χ0) is 19.7. The molecule has 1 aromatic heterocycles. The second-order valence-corrected chi connectivity index (χ2v) is 7.85. The zero-order valence-corrected chi connectivity index (χ0v) is 15.9. The first-order valence-electron chi connectivity index (χ1n) is 9.82. The fraction of sp³-hybridized carbons (Fsp3) is 0.304. The molecular weight excluding hydrogens is 372 g/mol. The second kappa shape index (κ2) is 5.86. The van der Waals surface area contributed by atoms with E-state index < -0.39 is 0 Å². The Labute approximate surface area is 166 Å². The fourth-order valence-electron chi connectivity index (χ4n) is 4.92. The number of hydrogen-bond donors (Lipinski definition) is 0. The van der Waals surface area contributed by atoms with E-state index in [1.165, 1.54) is 0 Å². The van der Waals surface area contributed by atoms with Crippen molar-refractivity contribution in [3.63, 3.8) is 0 Å². The maximum absolute atomic E-state index is 12.6. The number of benzene rings is 2. The van der Waals surface area contributed by atoms with Crippen molar-refractivity contribution in [2.45, 2.75) is 38.5 Å². The number of carbonyl (C=O) groups is 1. The van der Waals surface area contributed by atoms with Crippen LogP contribution in [0, 0.1) is 6.92 Å². The molecule has 0 saturated heterocycles. The van der Waals surface area contributed by atoms with E-state index in [9.17, 15) is 9.59 Å².